The standard InChI is InChI=1S/C14H18BrN3O/c15-6-2-4-11-3-1-5-12-13(11)17-14(19-12)18-9-7-16-8-10-18/h1,3,5,16H,2,4,6-10H2. The maximum atomic E-state index is 5.90. The molecule has 1 aromatic carbocycles. The van der Waals surface area contributed by atoms with Gasteiger partial charge >= 0.3 is 0 Å². The summed E-state index contributed by atoms with van der Waals surface area (Å²) in [6.07, 6.45) is 2.16. The molecule has 0 unspecified atom stereocenters. The molecule has 102 valence electrons. The number of nitrogens with zero attached hydrogens (tertiary/aromatic N) is 2. The van der Waals surface area contributed by atoms with Crippen molar-refractivity contribution in [1.29, 1.82) is 0 Å². The summed E-state index contributed by atoms with van der Waals surface area (Å²) in [7, 11) is 0. The van der Waals surface area contributed by atoms with Crippen molar-refractivity contribution in [2.75, 3.05) is 36.4 Å². The zero-order valence-corrected chi connectivity index (χ0v) is 12.4. The van der Waals surface area contributed by atoms with Crippen molar-refractivity contribution in [3.05, 3.63) is 23.8 Å². The summed E-state index contributed by atoms with van der Waals surface area (Å²) in [4.78, 5) is 6.92. The third kappa shape index (κ3) is 2.77. The van der Waals surface area contributed by atoms with Gasteiger partial charge < -0.3 is 14.6 Å². The molecule has 0 saturated carbocycles. The van der Waals surface area contributed by atoms with E-state index in [0.717, 1.165) is 61.5 Å². The fourth-order valence-corrected chi connectivity index (χ4v) is 2.72. The number of hydrogen-bond donors (Lipinski definition) is 1. The highest BCUT2D eigenvalue weighted by molar-refractivity contribution is 9.09. The van der Waals surface area contributed by atoms with Crippen molar-refractivity contribution in [3.8, 4) is 0 Å². The van der Waals surface area contributed by atoms with Crippen LogP contribution in [0.4, 0.5) is 6.01 Å². The number of benzene rings is 1. The van der Waals surface area contributed by atoms with Crippen molar-refractivity contribution in [1.82, 2.24) is 10.3 Å². The molecule has 0 bridgehead atoms. The molecule has 0 aliphatic carbocycles. The van der Waals surface area contributed by atoms with E-state index >= 15 is 0 Å². The van der Waals surface area contributed by atoms with Gasteiger partial charge in [0.15, 0.2) is 5.58 Å². The molecule has 0 radical (unpaired) electrons. The number of hydrogen-bond acceptors (Lipinski definition) is 4. The minimum Gasteiger partial charge on any atom is -0.423 e. The van der Waals surface area contributed by atoms with Gasteiger partial charge in [-0.3, -0.25) is 0 Å². The first-order valence-electron chi connectivity index (χ1n) is 6.78. The Morgan fingerprint density at radius 2 is 2.16 bits per heavy atom. The third-order valence-corrected chi connectivity index (χ3v) is 4.02. The lowest BCUT2D eigenvalue weighted by Crippen LogP contribution is -2.43. The summed E-state index contributed by atoms with van der Waals surface area (Å²) in [5.74, 6) is 0. The number of nitrogens with one attached hydrogen (secondary N) is 1. The minimum absolute atomic E-state index is 0.766. The van der Waals surface area contributed by atoms with E-state index in [0.29, 0.717) is 0 Å². The number of piperazine rings is 1. The first-order chi connectivity index (χ1) is 9.38. The molecule has 1 aliphatic rings. The lowest BCUT2D eigenvalue weighted by atomic mass is 10.1. The maximum Gasteiger partial charge on any atom is 0.298 e. The van der Waals surface area contributed by atoms with E-state index in [-0.39, 0.29) is 0 Å². The first-order valence-corrected chi connectivity index (χ1v) is 7.90. The van der Waals surface area contributed by atoms with Crippen LogP contribution in [0.25, 0.3) is 11.1 Å². The SMILES string of the molecule is BrCCCc1cccc2oc(N3CCNCC3)nc12. The van der Waals surface area contributed by atoms with Crippen LogP contribution in [0.3, 0.4) is 0 Å². The second-order valence-corrected chi connectivity index (χ2v) is 5.58. The first kappa shape index (κ1) is 12.9. The van der Waals surface area contributed by atoms with Crippen LogP contribution in [0.1, 0.15) is 12.0 Å². The van der Waals surface area contributed by atoms with Crippen LogP contribution in [0.2, 0.25) is 0 Å². The number of alkyl halides is 1. The highest BCUT2D eigenvalue weighted by Crippen LogP contribution is 2.25. The predicted octanol–water partition coefficient (Wildman–Crippen LogP) is 2.56. The summed E-state index contributed by atoms with van der Waals surface area (Å²) in [5, 5.41) is 4.36. The number of anilines is 1. The summed E-state index contributed by atoms with van der Waals surface area (Å²) in [6.45, 7) is 3.91. The highest BCUT2D eigenvalue weighted by atomic mass is 79.9. The van der Waals surface area contributed by atoms with E-state index in [2.05, 4.69) is 38.3 Å². The topological polar surface area (TPSA) is 41.3 Å². The van der Waals surface area contributed by atoms with Crippen LogP contribution in [0.5, 0.6) is 0 Å². The molecular weight excluding hydrogens is 306 g/mol. The summed E-state index contributed by atoms with van der Waals surface area (Å²) in [6, 6.07) is 6.97. The van der Waals surface area contributed by atoms with Crippen molar-refractivity contribution >= 4 is 33.0 Å². The summed E-state index contributed by atoms with van der Waals surface area (Å²) in [5.41, 5.74) is 3.21. The van der Waals surface area contributed by atoms with E-state index < -0.39 is 0 Å². The van der Waals surface area contributed by atoms with E-state index in [4.69, 9.17) is 9.40 Å². The second kappa shape index (κ2) is 5.92. The number of halogens is 1. The molecule has 0 spiro atoms. The molecule has 1 fully saturated rings. The van der Waals surface area contributed by atoms with Gasteiger partial charge in [0.05, 0.1) is 0 Å². The van der Waals surface area contributed by atoms with Crippen molar-refractivity contribution in [3.63, 3.8) is 0 Å². The number of oxazole rings is 1. The Morgan fingerprint density at radius 3 is 2.95 bits per heavy atom. The van der Waals surface area contributed by atoms with Gasteiger partial charge in [0.2, 0.25) is 0 Å². The Balaban J connectivity index is 1.90. The highest BCUT2D eigenvalue weighted by Gasteiger charge is 2.17. The monoisotopic (exact) mass is 323 g/mol. The molecule has 19 heavy (non-hydrogen) atoms. The molecule has 2 aromatic rings. The fourth-order valence-electron chi connectivity index (χ4n) is 2.44. The molecular formula is C14H18BrN3O. The van der Waals surface area contributed by atoms with Gasteiger partial charge in [-0.1, -0.05) is 28.1 Å². The molecule has 3 rings (SSSR count). The minimum atomic E-state index is 0.766. The number of aryl methyl sites for hydroxylation is 1. The number of aromatic nitrogens is 1. The number of fused-ring (bicyclic) bond motifs is 1. The molecule has 2 heterocycles. The van der Waals surface area contributed by atoms with E-state index in [1.807, 2.05) is 6.07 Å². The van der Waals surface area contributed by atoms with Gasteiger partial charge in [-0.25, -0.2) is 0 Å². The quantitative estimate of drug-likeness (QED) is 0.878. The van der Waals surface area contributed by atoms with Gasteiger partial charge in [-0.05, 0) is 24.5 Å². The van der Waals surface area contributed by atoms with E-state index in [1.54, 1.807) is 0 Å². The molecule has 1 saturated heterocycles. The third-order valence-electron chi connectivity index (χ3n) is 3.46. The predicted molar refractivity (Wildman–Crippen MR) is 81.2 cm³/mol. The van der Waals surface area contributed by atoms with Gasteiger partial charge in [-0.15, -0.1) is 0 Å². The Hall–Kier alpha value is -1.07. The average Bonchev–Trinajstić information content (AvgIpc) is 2.90. The van der Waals surface area contributed by atoms with Gasteiger partial charge in [0, 0.05) is 31.5 Å². The van der Waals surface area contributed by atoms with Crippen LogP contribution >= 0.6 is 15.9 Å². The van der Waals surface area contributed by atoms with E-state index in [1.165, 1.54) is 5.56 Å². The van der Waals surface area contributed by atoms with Gasteiger partial charge in [0.1, 0.15) is 5.52 Å². The van der Waals surface area contributed by atoms with Crippen molar-refractivity contribution < 1.29 is 4.42 Å². The number of para-hydroxylation sites is 1. The maximum absolute atomic E-state index is 5.90. The Kier molecular flexibility index (Phi) is 4.03. The smallest absolute Gasteiger partial charge is 0.298 e. The molecule has 1 aromatic heterocycles. The normalized spacial score (nSPS) is 16.2. The van der Waals surface area contributed by atoms with Gasteiger partial charge in [-0.2, -0.15) is 4.98 Å². The number of rotatable bonds is 4. The average molecular weight is 324 g/mol. The van der Waals surface area contributed by atoms with Crippen LogP contribution in [0, 0.1) is 0 Å². The molecule has 4 nitrogen and oxygen atoms in total. The Morgan fingerprint density at radius 1 is 1.32 bits per heavy atom. The lowest BCUT2D eigenvalue weighted by molar-refractivity contribution is 0.517. The zero-order chi connectivity index (χ0) is 13.1. The Labute approximate surface area is 121 Å². The molecule has 0 atom stereocenters. The fraction of sp³-hybridized carbons (Fsp3) is 0.500. The van der Waals surface area contributed by atoms with Gasteiger partial charge in [0.25, 0.3) is 6.01 Å². The molecule has 5 heteroatoms. The van der Waals surface area contributed by atoms with Crippen molar-refractivity contribution in [2.24, 2.45) is 0 Å². The van der Waals surface area contributed by atoms with Crippen LogP contribution in [-0.2, 0) is 6.42 Å². The summed E-state index contributed by atoms with van der Waals surface area (Å²) < 4.78 is 5.90. The zero-order valence-electron chi connectivity index (χ0n) is 10.9. The van der Waals surface area contributed by atoms with Crippen LogP contribution in [0.15, 0.2) is 22.6 Å². The van der Waals surface area contributed by atoms with Crippen LogP contribution < -0.4 is 10.2 Å². The lowest BCUT2D eigenvalue weighted by Gasteiger charge is -2.25. The molecule has 1 N–H and O–H groups in total. The van der Waals surface area contributed by atoms with E-state index in [9.17, 15) is 0 Å². The molecule has 0 amide bonds. The van der Waals surface area contributed by atoms with Crippen molar-refractivity contribution in [2.45, 2.75) is 12.8 Å². The molecule has 1 aliphatic heterocycles. The second-order valence-electron chi connectivity index (χ2n) is 4.79. The Bertz CT molecular complexity index is 549. The summed E-state index contributed by atoms with van der Waals surface area (Å²) >= 11 is 3.48. The largest absolute Gasteiger partial charge is 0.423 e. The van der Waals surface area contributed by atoms with Crippen LogP contribution in [-0.4, -0.2) is 36.5 Å².